The molecule has 4 nitrogen and oxygen atoms in total. The lowest BCUT2D eigenvalue weighted by atomic mass is 10.2. The number of alkyl halides is 2. The second-order valence-electron chi connectivity index (χ2n) is 4.96. The van der Waals surface area contributed by atoms with Crippen molar-refractivity contribution < 1.29 is 4.74 Å². The number of pyridine rings is 2. The first kappa shape index (κ1) is 26.0. The number of aromatic nitrogens is 2. The molecule has 0 saturated carbocycles. The van der Waals surface area contributed by atoms with E-state index < -0.39 is 0 Å². The summed E-state index contributed by atoms with van der Waals surface area (Å²) in [5.74, 6) is 0. The number of hydrogen-bond donors (Lipinski definition) is 1. The van der Waals surface area contributed by atoms with Crippen LogP contribution in [0, 0.1) is 0 Å². The number of H-pyrrole nitrogens is 1. The molecule has 1 aromatic carbocycles. The SMILES string of the molecule is CC.CCC(I)I.COCc1ccccc1.O=c1cc[nH]c2cccnc12. The molecule has 2 aromatic heterocycles. The molecule has 2 heterocycles. The zero-order valence-corrected chi connectivity index (χ0v) is 20.6. The van der Waals surface area contributed by atoms with E-state index in [9.17, 15) is 4.79 Å². The summed E-state index contributed by atoms with van der Waals surface area (Å²) in [6, 6.07) is 15.2. The summed E-state index contributed by atoms with van der Waals surface area (Å²) in [5, 5.41) is 0. The van der Waals surface area contributed by atoms with Gasteiger partial charge in [-0.1, -0.05) is 96.3 Å². The number of benzene rings is 1. The van der Waals surface area contributed by atoms with Crippen molar-refractivity contribution in [2.75, 3.05) is 7.11 Å². The summed E-state index contributed by atoms with van der Waals surface area (Å²) >= 11 is 4.79. The molecule has 148 valence electrons. The summed E-state index contributed by atoms with van der Waals surface area (Å²) in [4.78, 5) is 18.0. The molecular weight excluding hydrogens is 566 g/mol. The fourth-order valence-electron chi connectivity index (χ4n) is 1.75. The van der Waals surface area contributed by atoms with Gasteiger partial charge in [-0.25, -0.2) is 0 Å². The maximum Gasteiger partial charge on any atom is 0.207 e. The number of rotatable bonds is 3. The fraction of sp³-hybridized carbons (Fsp3) is 0.333. The number of fused-ring (bicyclic) bond motifs is 1. The normalized spacial score (nSPS) is 9.30. The molecule has 1 N–H and O–H groups in total. The van der Waals surface area contributed by atoms with Crippen molar-refractivity contribution in [1.29, 1.82) is 0 Å². The molecule has 0 fully saturated rings. The molecule has 0 spiro atoms. The molecule has 0 aliphatic rings. The van der Waals surface area contributed by atoms with E-state index >= 15 is 0 Å². The van der Waals surface area contributed by atoms with E-state index in [0.29, 0.717) is 12.1 Å². The van der Waals surface area contributed by atoms with Gasteiger partial charge in [-0.15, -0.1) is 0 Å². The number of nitrogens with zero attached hydrogens (tertiary/aromatic N) is 1. The number of ether oxygens (including phenoxy) is 1. The lowest BCUT2D eigenvalue weighted by Gasteiger charge is -1.95. The van der Waals surface area contributed by atoms with Crippen LogP contribution in [0.15, 0.2) is 65.7 Å². The van der Waals surface area contributed by atoms with Crippen LogP contribution in [0.1, 0.15) is 32.8 Å². The van der Waals surface area contributed by atoms with Crippen LogP contribution in [0.5, 0.6) is 0 Å². The Kier molecular flexibility index (Phi) is 16.5. The van der Waals surface area contributed by atoms with Crippen LogP contribution in [0.2, 0.25) is 0 Å². The number of aromatic amines is 1. The third-order valence-electron chi connectivity index (χ3n) is 2.98. The third kappa shape index (κ3) is 12.1. The Bertz CT molecular complexity index is 772. The first-order valence-electron chi connectivity index (χ1n) is 8.81. The van der Waals surface area contributed by atoms with Crippen LogP contribution >= 0.6 is 45.2 Å². The van der Waals surface area contributed by atoms with Crippen LogP contribution in [-0.4, -0.2) is 19.0 Å². The first-order valence-corrected chi connectivity index (χ1v) is 11.3. The zero-order valence-electron chi connectivity index (χ0n) is 16.3. The maximum atomic E-state index is 11.1. The third-order valence-corrected chi connectivity index (χ3v) is 4.74. The van der Waals surface area contributed by atoms with Gasteiger partial charge >= 0.3 is 0 Å². The van der Waals surface area contributed by atoms with E-state index in [1.807, 2.05) is 50.2 Å². The maximum absolute atomic E-state index is 11.1. The number of halogens is 2. The van der Waals surface area contributed by atoms with Gasteiger partial charge in [0.1, 0.15) is 5.52 Å². The summed E-state index contributed by atoms with van der Waals surface area (Å²) < 4.78 is 5.75. The highest BCUT2D eigenvalue weighted by Crippen LogP contribution is 2.11. The average molecular weight is 594 g/mol. The summed E-state index contributed by atoms with van der Waals surface area (Å²) in [6.07, 6.45) is 4.50. The van der Waals surface area contributed by atoms with Crippen LogP contribution < -0.4 is 5.43 Å². The monoisotopic (exact) mass is 594 g/mol. The van der Waals surface area contributed by atoms with Crippen LogP contribution in [0.25, 0.3) is 11.0 Å². The molecule has 0 unspecified atom stereocenters. The van der Waals surface area contributed by atoms with Crippen LogP contribution in [0.3, 0.4) is 0 Å². The van der Waals surface area contributed by atoms with E-state index in [1.54, 1.807) is 25.6 Å². The van der Waals surface area contributed by atoms with Gasteiger partial charge in [-0.2, -0.15) is 0 Å². The van der Waals surface area contributed by atoms with Crippen molar-refractivity contribution in [1.82, 2.24) is 9.97 Å². The predicted molar refractivity (Wildman–Crippen MR) is 133 cm³/mol. The average Bonchev–Trinajstić information content (AvgIpc) is 2.72. The molecule has 0 radical (unpaired) electrons. The van der Waals surface area contributed by atoms with E-state index in [4.69, 9.17) is 4.74 Å². The number of methoxy groups -OCH3 is 1. The fourth-order valence-corrected chi connectivity index (χ4v) is 1.75. The van der Waals surface area contributed by atoms with Crippen molar-refractivity contribution in [2.24, 2.45) is 0 Å². The smallest absolute Gasteiger partial charge is 0.207 e. The molecular formula is C21H28I2N2O2. The highest BCUT2D eigenvalue weighted by molar-refractivity contribution is 14.2. The molecule has 0 aliphatic heterocycles. The minimum Gasteiger partial charge on any atom is -0.380 e. The Morgan fingerprint density at radius 2 is 1.70 bits per heavy atom. The number of hydrogen-bond acceptors (Lipinski definition) is 3. The lowest BCUT2D eigenvalue weighted by Crippen LogP contribution is -2.01. The summed E-state index contributed by atoms with van der Waals surface area (Å²) in [7, 11) is 1.70. The Balaban J connectivity index is 0.000000383. The highest BCUT2D eigenvalue weighted by atomic mass is 127. The van der Waals surface area contributed by atoms with Crippen LogP contribution in [-0.2, 0) is 11.3 Å². The second-order valence-corrected chi connectivity index (χ2v) is 10.4. The lowest BCUT2D eigenvalue weighted by molar-refractivity contribution is 0.185. The van der Waals surface area contributed by atoms with Gasteiger partial charge in [0, 0.05) is 25.6 Å². The molecule has 0 aliphatic carbocycles. The van der Waals surface area contributed by atoms with Gasteiger partial charge in [-0.3, -0.25) is 9.78 Å². The van der Waals surface area contributed by atoms with Crippen molar-refractivity contribution in [3.8, 4) is 0 Å². The largest absolute Gasteiger partial charge is 0.380 e. The first-order chi connectivity index (χ1) is 13.1. The Hall–Kier alpha value is -1.000. The molecule has 0 saturated heterocycles. The van der Waals surface area contributed by atoms with Crippen molar-refractivity contribution >= 4 is 56.2 Å². The van der Waals surface area contributed by atoms with Crippen molar-refractivity contribution in [3.05, 3.63) is 76.7 Å². The Labute approximate surface area is 189 Å². The summed E-state index contributed by atoms with van der Waals surface area (Å²) in [5.41, 5.74) is 2.45. The number of nitrogens with one attached hydrogen (secondary N) is 1. The van der Waals surface area contributed by atoms with Gasteiger partial charge in [0.15, 0.2) is 0 Å². The van der Waals surface area contributed by atoms with Crippen molar-refractivity contribution in [2.45, 2.75) is 35.7 Å². The van der Waals surface area contributed by atoms with Gasteiger partial charge in [0.05, 0.1) is 14.1 Å². The molecule has 3 rings (SSSR count). The van der Waals surface area contributed by atoms with Gasteiger partial charge in [-0.05, 0) is 24.1 Å². The minimum absolute atomic E-state index is 0.0423. The van der Waals surface area contributed by atoms with Crippen LogP contribution in [0.4, 0.5) is 0 Å². The van der Waals surface area contributed by atoms with Gasteiger partial charge in [0.25, 0.3) is 0 Å². The van der Waals surface area contributed by atoms with Crippen molar-refractivity contribution in [3.63, 3.8) is 0 Å². The molecule has 27 heavy (non-hydrogen) atoms. The second kappa shape index (κ2) is 17.1. The quantitative estimate of drug-likeness (QED) is 0.283. The molecule has 6 heteroatoms. The zero-order chi connectivity index (χ0) is 20.5. The Morgan fingerprint density at radius 3 is 2.22 bits per heavy atom. The predicted octanol–water partition coefficient (Wildman–Crippen LogP) is 6.37. The highest BCUT2D eigenvalue weighted by Gasteiger charge is 1.94. The van der Waals surface area contributed by atoms with Gasteiger partial charge < -0.3 is 9.72 Å². The summed E-state index contributed by atoms with van der Waals surface area (Å²) in [6.45, 7) is 6.89. The van der Waals surface area contributed by atoms with E-state index in [1.165, 1.54) is 18.1 Å². The molecule has 0 bridgehead atoms. The van der Waals surface area contributed by atoms with E-state index in [0.717, 1.165) is 7.45 Å². The standard InChI is InChI=1S/C8H6N2O.C8H10O.C3H6I2.C2H6/c11-7-3-5-9-6-2-1-4-10-8(6)7;1-9-7-8-5-3-2-4-6-8;1-2-3(4)5;1-2/h1-5H,(H,9,11);2-6H,7H2,1H3;3H,2H2,1H3;1-2H3. The van der Waals surface area contributed by atoms with E-state index in [2.05, 4.69) is 62.1 Å². The molecule has 3 aromatic rings. The van der Waals surface area contributed by atoms with E-state index in [-0.39, 0.29) is 5.43 Å². The topological polar surface area (TPSA) is 55.0 Å². The Morgan fingerprint density at radius 1 is 1.07 bits per heavy atom. The molecule has 0 amide bonds. The minimum atomic E-state index is -0.0423. The van der Waals surface area contributed by atoms with Gasteiger partial charge in [0.2, 0.25) is 5.43 Å². The molecule has 0 atom stereocenters.